The van der Waals surface area contributed by atoms with Crippen LogP contribution in [0.1, 0.15) is 30.1 Å². The van der Waals surface area contributed by atoms with Crippen LogP contribution in [0.4, 0.5) is 5.69 Å². The van der Waals surface area contributed by atoms with Crippen molar-refractivity contribution in [3.63, 3.8) is 0 Å². The fourth-order valence-corrected chi connectivity index (χ4v) is 1.88. The molecule has 0 aliphatic rings. The summed E-state index contributed by atoms with van der Waals surface area (Å²) < 4.78 is 0. The molecule has 0 unspecified atom stereocenters. The second-order valence-corrected chi connectivity index (χ2v) is 4.84. The van der Waals surface area contributed by atoms with Crippen LogP contribution >= 0.6 is 0 Å². The van der Waals surface area contributed by atoms with E-state index in [-0.39, 0.29) is 5.91 Å². The summed E-state index contributed by atoms with van der Waals surface area (Å²) in [5.41, 5.74) is 1.62. The highest BCUT2D eigenvalue weighted by molar-refractivity contribution is 5.99. The van der Waals surface area contributed by atoms with Crippen LogP contribution < -0.4 is 10.6 Å². The number of hydrogen-bond acceptors (Lipinski definition) is 3. The Hall–Kier alpha value is -1.55. The van der Waals surface area contributed by atoms with Gasteiger partial charge in [-0.1, -0.05) is 12.1 Å². The molecule has 0 aliphatic heterocycles. The first-order chi connectivity index (χ1) is 9.15. The van der Waals surface area contributed by atoms with Gasteiger partial charge in [0.2, 0.25) is 0 Å². The van der Waals surface area contributed by atoms with Crippen LogP contribution in [0.25, 0.3) is 0 Å². The van der Waals surface area contributed by atoms with Gasteiger partial charge in [-0.05, 0) is 52.5 Å². The van der Waals surface area contributed by atoms with E-state index in [1.807, 2.05) is 31.2 Å². The molecule has 19 heavy (non-hydrogen) atoms. The van der Waals surface area contributed by atoms with Crippen LogP contribution in [0.3, 0.4) is 0 Å². The number of nitrogens with zero attached hydrogens (tertiary/aromatic N) is 1. The molecule has 0 radical (unpaired) electrons. The average molecular weight is 263 g/mol. The summed E-state index contributed by atoms with van der Waals surface area (Å²) in [5, 5.41) is 6.18. The van der Waals surface area contributed by atoms with E-state index >= 15 is 0 Å². The number of unbranched alkanes of at least 4 members (excludes halogenated alkanes) is 1. The molecule has 0 bridgehead atoms. The molecule has 0 spiro atoms. The van der Waals surface area contributed by atoms with Gasteiger partial charge in [0.25, 0.3) is 5.91 Å². The van der Waals surface area contributed by atoms with Crippen molar-refractivity contribution >= 4 is 11.6 Å². The number of carbonyl (C=O) groups excluding carboxylic acids is 1. The Morgan fingerprint density at radius 3 is 2.63 bits per heavy atom. The van der Waals surface area contributed by atoms with Gasteiger partial charge >= 0.3 is 0 Å². The highest BCUT2D eigenvalue weighted by atomic mass is 16.1. The number of rotatable bonds is 8. The van der Waals surface area contributed by atoms with Gasteiger partial charge in [0.15, 0.2) is 0 Å². The van der Waals surface area contributed by atoms with Gasteiger partial charge < -0.3 is 15.5 Å². The third-order valence-corrected chi connectivity index (χ3v) is 2.86. The zero-order valence-corrected chi connectivity index (χ0v) is 12.2. The predicted octanol–water partition coefficient (Wildman–Crippen LogP) is 2.19. The van der Waals surface area contributed by atoms with Gasteiger partial charge in [-0.2, -0.15) is 0 Å². The first-order valence-corrected chi connectivity index (χ1v) is 6.91. The van der Waals surface area contributed by atoms with Crippen molar-refractivity contribution in [2.75, 3.05) is 39.0 Å². The second-order valence-electron chi connectivity index (χ2n) is 4.84. The van der Waals surface area contributed by atoms with Crippen molar-refractivity contribution in [3.05, 3.63) is 29.8 Å². The lowest BCUT2D eigenvalue weighted by Gasteiger charge is -2.12. The average Bonchev–Trinajstić information content (AvgIpc) is 2.39. The standard InChI is InChI=1S/C15H25N3O/c1-4-16-14-10-6-5-9-13(14)15(19)17-11-7-8-12-18(2)3/h5-6,9-10,16H,4,7-8,11-12H2,1-3H3,(H,17,19). The summed E-state index contributed by atoms with van der Waals surface area (Å²) in [6.07, 6.45) is 2.11. The molecular weight excluding hydrogens is 238 g/mol. The molecule has 0 saturated heterocycles. The molecule has 1 aromatic rings. The van der Waals surface area contributed by atoms with Crippen LogP contribution in [0.2, 0.25) is 0 Å². The molecule has 0 atom stereocenters. The van der Waals surface area contributed by atoms with Crippen LogP contribution in [0.5, 0.6) is 0 Å². The summed E-state index contributed by atoms with van der Waals surface area (Å²) in [5.74, 6) is 0.00130. The topological polar surface area (TPSA) is 44.4 Å². The molecule has 0 aliphatic carbocycles. The third-order valence-electron chi connectivity index (χ3n) is 2.86. The number of amides is 1. The highest BCUT2D eigenvalue weighted by Gasteiger charge is 2.09. The Kier molecular flexibility index (Phi) is 6.97. The molecule has 0 fully saturated rings. The lowest BCUT2D eigenvalue weighted by molar-refractivity contribution is 0.0953. The minimum atomic E-state index is 0.00130. The van der Waals surface area contributed by atoms with Crippen molar-refractivity contribution in [3.8, 4) is 0 Å². The quantitative estimate of drug-likeness (QED) is 0.707. The number of benzene rings is 1. The number of para-hydroxylation sites is 1. The number of carbonyl (C=O) groups is 1. The molecule has 2 N–H and O–H groups in total. The van der Waals surface area contributed by atoms with E-state index in [2.05, 4.69) is 29.6 Å². The fourth-order valence-electron chi connectivity index (χ4n) is 1.88. The SMILES string of the molecule is CCNc1ccccc1C(=O)NCCCCN(C)C. The largest absolute Gasteiger partial charge is 0.385 e. The highest BCUT2D eigenvalue weighted by Crippen LogP contribution is 2.14. The lowest BCUT2D eigenvalue weighted by atomic mass is 10.1. The van der Waals surface area contributed by atoms with Crippen molar-refractivity contribution < 1.29 is 4.79 Å². The first kappa shape index (κ1) is 15.5. The molecule has 0 aromatic heterocycles. The number of hydrogen-bond donors (Lipinski definition) is 2. The second kappa shape index (κ2) is 8.53. The van der Waals surface area contributed by atoms with Crippen molar-refractivity contribution in [2.24, 2.45) is 0 Å². The lowest BCUT2D eigenvalue weighted by Crippen LogP contribution is -2.26. The summed E-state index contributed by atoms with van der Waals surface area (Å²) in [6.45, 7) is 4.63. The molecule has 4 nitrogen and oxygen atoms in total. The van der Waals surface area contributed by atoms with E-state index in [1.54, 1.807) is 0 Å². The smallest absolute Gasteiger partial charge is 0.253 e. The zero-order chi connectivity index (χ0) is 14.1. The molecule has 1 aromatic carbocycles. The van der Waals surface area contributed by atoms with E-state index in [0.29, 0.717) is 0 Å². The molecule has 4 heteroatoms. The molecule has 0 heterocycles. The van der Waals surface area contributed by atoms with Gasteiger partial charge in [0, 0.05) is 18.8 Å². The van der Waals surface area contributed by atoms with E-state index in [4.69, 9.17) is 0 Å². The molecule has 1 amide bonds. The van der Waals surface area contributed by atoms with E-state index in [1.165, 1.54) is 0 Å². The third kappa shape index (κ3) is 5.75. The summed E-state index contributed by atoms with van der Waals surface area (Å²) >= 11 is 0. The van der Waals surface area contributed by atoms with E-state index in [9.17, 15) is 4.79 Å². The number of anilines is 1. The summed E-state index contributed by atoms with van der Waals surface area (Å²) in [7, 11) is 4.12. The minimum Gasteiger partial charge on any atom is -0.385 e. The van der Waals surface area contributed by atoms with Crippen LogP contribution in [-0.2, 0) is 0 Å². The van der Waals surface area contributed by atoms with E-state index in [0.717, 1.165) is 43.7 Å². The fraction of sp³-hybridized carbons (Fsp3) is 0.533. The van der Waals surface area contributed by atoms with E-state index < -0.39 is 0 Å². The Morgan fingerprint density at radius 1 is 1.21 bits per heavy atom. The first-order valence-electron chi connectivity index (χ1n) is 6.91. The van der Waals surface area contributed by atoms with Gasteiger partial charge in [0.05, 0.1) is 5.56 Å². The number of nitrogens with one attached hydrogen (secondary N) is 2. The Labute approximate surface area is 116 Å². The maximum Gasteiger partial charge on any atom is 0.253 e. The molecular formula is C15H25N3O. The van der Waals surface area contributed by atoms with Gasteiger partial charge in [-0.15, -0.1) is 0 Å². The normalized spacial score (nSPS) is 10.5. The Bertz CT molecular complexity index is 391. The summed E-state index contributed by atoms with van der Waals surface area (Å²) in [4.78, 5) is 14.2. The maximum absolute atomic E-state index is 12.1. The van der Waals surface area contributed by atoms with Crippen LogP contribution in [0.15, 0.2) is 24.3 Å². The van der Waals surface area contributed by atoms with Crippen molar-refractivity contribution in [1.29, 1.82) is 0 Å². The minimum absolute atomic E-state index is 0.00130. The summed E-state index contributed by atoms with van der Waals surface area (Å²) in [6, 6.07) is 7.62. The van der Waals surface area contributed by atoms with Gasteiger partial charge in [-0.25, -0.2) is 0 Å². The molecule has 106 valence electrons. The molecule has 0 saturated carbocycles. The maximum atomic E-state index is 12.1. The zero-order valence-electron chi connectivity index (χ0n) is 12.2. The predicted molar refractivity (Wildman–Crippen MR) is 80.7 cm³/mol. The van der Waals surface area contributed by atoms with Gasteiger partial charge in [-0.3, -0.25) is 4.79 Å². The van der Waals surface area contributed by atoms with Crippen molar-refractivity contribution in [2.45, 2.75) is 19.8 Å². The molecule has 1 rings (SSSR count). The van der Waals surface area contributed by atoms with Crippen LogP contribution in [0, 0.1) is 0 Å². The Balaban J connectivity index is 2.41. The van der Waals surface area contributed by atoms with Crippen LogP contribution in [-0.4, -0.2) is 44.5 Å². The van der Waals surface area contributed by atoms with Crippen molar-refractivity contribution in [1.82, 2.24) is 10.2 Å². The van der Waals surface area contributed by atoms with Gasteiger partial charge in [0.1, 0.15) is 0 Å². The monoisotopic (exact) mass is 263 g/mol. The Morgan fingerprint density at radius 2 is 1.95 bits per heavy atom.